The van der Waals surface area contributed by atoms with Crippen LogP contribution in [-0.4, -0.2) is 18.0 Å². The molecule has 1 N–H and O–H groups in total. The highest BCUT2D eigenvalue weighted by Crippen LogP contribution is 2.20. The molecule has 0 saturated carbocycles. The fourth-order valence-corrected chi connectivity index (χ4v) is 3.94. The number of sulfonamides is 1. The molecule has 0 aliphatic carbocycles. The van der Waals surface area contributed by atoms with Crippen molar-refractivity contribution in [1.82, 2.24) is 14.3 Å². The van der Waals surface area contributed by atoms with Gasteiger partial charge < -0.3 is 4.57 Å². The molecule has 0 aliphatic rings. The topological polar surface area (TPSA) is 64.0 Å². The molecule has 3 aromatic rings. The molecule has 0 aliphatic heterocycles. The average molecular weight is 362 g/mol. The fourth-order valence-electron chi connectivity index (χ4n) is 2.48. The van der Waals surface area contributed by atoms with E-state index < -0.39 is 10.0 Å². The highest BCUT2D eigenvalue weighted by molar-refractivity contribution is 7.89. The van der Waals surface area contributed by atoms with Crippen molar-refractivity contribution in [3.05, 3.63) is 77.3 Å². The summed E-state index contributed by atoms with van der Waals surface area (Å²) in [6, 6.07) is 12.3. The Balaban J connectivity index is 1.86. The first-order chi connectivity index (χ1) is 11.5. The molecule has 2 aromatic carbocycles. The summed E-state index contributed by atoms with van der Waals surface area (Å²) in [5.74, 6) is 0. The first kappa shape index (κ1) is 16.7. The maximum absolute atomic E-state index is 12.6. The van der Waals surface area contributed by atoms with E-state index >= 15 is 0 Å². The van der Waals surface area contributed by atoms with Crippen molar-refractivity contribution in [2.24, 2.45) is 0 Å². The number of hydrogen-bond donors (Lipinski definition) is 1. The second-order valence-electron chi connectivity index (χ2n) is 5.33. The van der Waals surface area contributed by atoms with Gasteiger partial charge in [-0.25, -0.2) is 18.1 Å². The van der Waals surface area contributed by atoms with Crippen LogP contribution in [0.4, 0.5) is 0 Å². The molecule has 0 saturated heterocycles. The predicted octanol–water partition coefficient (Wildman–Crippen LogP) is 3.31. The number of rotatable bonds is 5. The van der Waals surface area contributed by atoms with E-state index in [2.05, 4.69) is 9.71 Å². The fraction of sp³-hybridized carbons (Fsp3) is 0.118. The maximum atomic E-state index is 12.6. The molecule has 0 bridgehead atoms. The Morgan fingerprint density at radius 1 is 1.21 bits per heavy atom. The molecule has 3 rings (SSSR count). The summed E-state index contributed by atoms with van der Waals surface area (Å²) in [5, 5.41) is 0.511. The van der Waals surface area contributed by atoms with Gasteiger partial charge in [-0.15, -0.1) is 0 Å². The number of hydrogen-bond acceptors (Lipinski definition) is 3. The summed E-state index contributed by atoms with van der Waals surface area (Å²) < 4.78 is 29.6. The summed E-state index contributed by atoms with van der Waals surface area (Å²) >= 11 is 5.89. The van der Waals surface area contributed by atoms with E-state index in [0.29, 0.717) is 10.6 Å². The lowest BCUT2D eigenvalue weighted by molar-refractivity contribution is 0.580. The van der Waals surface area contributed by atoms with Gasteiger partial charge in [-0.1, -0.05) is 29.8 Å². The van der Waals surface area contributed by atoms with Crippen LogP contribution in [0.5, 0.6) is 0 Å². The standard InChI is InChI=1S/C17H16ClN3O2S/c1-13-10-15(18)6-7-17(13)24(22,23)20-11-14-4-2-3-5-16(14)21-9-8-19-12-21/h2-10,12,20H,11H2,1H3. The highest BCUT2D eigenvalue weighted by Gasteiger charge is 2.17. The van der Waals surface area contributed by atoms with Gasteiger partial charge in [0, 0.05) is 24.0 Å². The molecule has 0 spiro atoms. The second kappa shape index (κ2) is 6.76. The summed E-state index contributed by atoms with van der Waals surface area (Å²) in [7, 11) is -3.63. The van der Waals surface area contributed by atoms with Gasteiger partial charge in [0.15, 0.2) is 0 Å². The number of nitrogens with zero attached hydrogens (tertiary/aromatic N) is 2. The number of halogens is 1. The van der Waals surface area contributed by atoms with Crippen molar-refractivity contribution in [3.8, 4) is 5.69 Å². The average Bonchev–Trinajstić information content (AvgIpc) is 3.07. The van der Waals surface area contributed by atoms with Gasteiger partial charge in [0.1, 0.15) is 0 Å². The number of benzene rings is 2. The smallest absolute Gasteiger partial charge is 0.241 e. The molecule has 1 heterocycles. The van der Waals surface area contributed by atoms with Crippen LogP contribution in [0.15, 0.2) is 66.1 Å². The minimum absolute atomic E-state index is 0.179. The third-order valence-corrected chi connectivity index (χ3v) is 5.45. The van der Waals surface area contributed by atoms with Gasteiger partial charge in [-0.3, -0.25) is 0 Å². The molecule has 0 fully saturated rings. The van der Waals surface area contributed by atoms with E-state index in [-0.39, 0.29) is 11.4 Å². The normalized spacial score (nSPS) is 11.6. The maximum Gasteiger partial charge on any atom is 0.241 e. The van der Waals surface area contributed by atoms with Crippen molar-refractivity contribution < 1.29 is 8.42 Å². The first-order valence-electron chi connectivity index (χ1n) is 7.29. The number of para-hydroxylation sites is 1. The molecule has 5 nitrogen and oxygen atoms in total. The zero-order valence-electron chi connectivity index (χ0n) is 13.0. The molecular weight excluding hydrogens is 346 g/mol. The Hall–Kier alpha value is -2.15. The third-order valence-electron chi connectivity index (χ3n) is 3.65. The monoisotopic (exact) mass is 361 g/mol. The van der Waals surface area contributed by atoms with Crippen LogP contribution in [0.2, 0.25) is 5.02 Å². The number of aromatic nitrogens is 2. The predicted molar refractivity (Wildman–Crippen MR) is 93.8 cm³/mol. The van der Waals surface area contributed by atoms with Gasteiger partial charge >= 0.3 is 0 Å². The molecule has 0 unspecified atom stereocenters. The Morgan fingerprint density at radius 3 is 2.71 bits per heavy atom. The molecule has 0 atom stereocenters. The molecule has 1 aromatic heterocycles. The van der Waals surface area contributed by atoms with Crippen molar-refractivity contribution in [3.63, 3.8) is 0 Å². The van der Waals surface area contributed by atoms with Gasteiger partial charge in [0.25, 0.3) is 0 Å². The lowest BCUT2D eigenvalue weighted by atomic mass is 10.2. The van der Waals surface area contributed by atoms with Crippen LogP contribution in [0.3, 0.4) is 0 Å². The molecule has 124 valence electrons. The molecule has 7 heteroatoms. The first-order valence-corrected chi connectivity index (χ1v) is 9.15. The number of nitrogens with one attached hydrogen (secondary N) is 1. The Bertz CT molecular complexity index is 954. The van der Waals surface area contributed by atoms with Gasteiger partial charge in [-0.2, -0.15) is 0 Å². The SMILES string of the molecule is Cc1cc(Cl)ccc1S(=O)(=O)NCc1ccccc1-n1ccnc1. The zero-order chi connectivity index (χ0) is 17.2. The Morgan fingerprint density at radius 2 is 2.00 bits per heavy atom. The van der Waals surface area contributed by atoms with Crippen LogP contribution in [0.1, 0.15) is 11.1 Å². The molecule has 24 heavy (non-hydrogen) atoms. The minimum atomic E-state index is -3.63. The Kier molecular flexibility index (Phi) is 4.71. The van der Waals surface area contributed by atoms with E-state index in [0.717, 1.165) is 11.3 Å². The zero-order valence-corrected chi connectivity index (χ0v) is 14.6. The lowest BCUT2D eigenvalue weighted by Gasteiger charge is -2.13. The number of imidazole rings is 1. The van der Waals surface area contributed by atoms with Crippen molar-refractivity contribution in [1.29, 1.82) is 0 Å². The van der Waals surface area contributed by atoms with Gasteiger partial charge in [-0.05, 0) is 42.3 Å². The highest BCUT2D eigenvalue weighted by atomic mass is 35.5. The van der Waals surface area contributed by atoms with Gasteiger partial charge in [0.05, 0.1) is 16.9 Å². The minimum Gasteiger partial charge on any atom is -0.306 e. The lowest BCUT2D eigenvalue weighted by Crippen LogP contribution is -2.24. The van der Waals surface area contributed by atoms with Crippen molar-refractivity contribution in [2.45, 2.75) is 18.4 Å². The van der Waals surface area contributed by atoms with E-state index in [1.165, 1.54) is 6.07 Å². The van der Waals surface area contributed by atoms with Crippen LogP contribution in [0.25, 0.3) is 5.69 Å². The van der Waals surface area contributed by atoms with Gasteiger partial charge in [0.2, 0.25) is 10.0 Å². The third kappa shape index (κ3) is 3.51. The van der Waals surface area contributed by atoms with Crippen LogP contribution in [-0.2, 0) is 16.6 Å². The molecule has 0 radical (unpaired) electrons. The quantitative estimate of drug-likeness (QED) is 0.758. The van der Waals surface area contributed by atoms with E-state index in [1.807, 2.05) is 35.0 Å². The van der Waals surface area contributed by atoms with Crippen molar-refractivity contribution in [2.75, 3.05) is 0 Å². The van der Waals surface area contributed by atoms with Crippen LogP contribution < -0.4 is 4.72 Å². The largest absolute Gasteiger partial charge is 0.306 e. The second-order valence-corrected chi connectivity index (χ2v) is 7.50. The summed E-state index contributed by atoms with van der Waals surface area (Å²) in [6.45, 7) is 1.90. The van der Waals surface area contributed by atoms with Crippen LogP contribution in [0, 0.1) is 6.92 Å². The summed E-state index contributed by atoms with van der Waals surface area (Å²) in [6.07, 6.45) is 5.17. The molecule has 0 amide bonds. The molecular formula is C17H16ClN3O2S. The summed E-state index contributed by atoms with van der Waals surface area (Å²) in [5.41, 5.74) is 2.34. The van der Waals surface area contributed by atoms with Crippen LogP contribution >= 0.6 is 11.6 Å². The van der Waals surface area contributed by atoms with E-state index in [4.69, 9.17) is 11.6 Å². The van der Waals surface area contributed by atoms with E-state index in [9.17, 15) is 8.42 Å². The number of aryl methyl sites for hydroxylation is 1. The van der Waals surface area contributed by atoms with E-state index in [1.54, 1.807) is 31.6 Å². The summed E-state index contributed by atoms with van der Waals surface area (Å²) in [4.78, 5) is 4.26. The van der Waals surface area contributed by atoms with Crippen molar-refractivity contribution >= 4 is 21.6 Å². The Labute approximate surface area is 146 Å².